The third-order valence-electron chi connectivity index (χ3n) is 2.36. The summed E-state index contributed by atoms with van der Waals surface area (Å²) in [5.74, 6) is 0. The second-order valence-corrected chi connectivity index (χ2v) is 3.48. The topological polar surface area (TPSA) is 23.8 Å². The third-order valence-corrected chi connectivity index (χ3v) is 2.36. The second-order valence-electron chi connectivity index (χ2n) is 3.48. The van der Waals surface area contributed by atoms with Crippen LogP contribution in [-0.4, -0.2) is 0 Å². The zero-order valence-electron chi connectivity index (χ0n) is 9.08. The summed E-state index contributed by atoms with van der Waals surface area (Å²) in [4.78, 5) is 0. The first kappa shape index (κ1) is 14.4. The first-order valence-corrected chi connectivity index (χ1v) is 4.83. The highest BCUT2D eigenvalue weighted by molar-refractivity contribution is 5.50. The summed E-state index contributed by atoms with van der Waals surface area (Å²) in [6, 6.07) is 2.81. The predicted molar refractivity (Wildman–Crippen MR) is 50.5 cm³/mol. The molecule has 0 aliphatic carbocycles. The van der Waals surface area contributed by atoms with Gasteiger partial charge in [0.2, 0.25) is 0 Å². The van der Waals surface area contributed by atoms with Crippen LogP contribution in [0.1, 0.15) is 29.2 Å². The smallest absolute Gasteiger partial charge is 0.192 e. The number of nitrogens with zero attached hydrogens (tertiary/aromatic N) is 1. The van der Waals surface area contributed by atoms with E-state index in [0.29, 0.717) is 0 Å². The molecular weight excluding hydrogens is 260 g/mol. The van der Waals surface area contributed by atoms with Crippen LogP contribution in [0, 0.1) is 11.3 Å². The largest absolute Gasteiger partial charge is 0.418 e. The van der Waals surface area contributed by atoms with Crippen LogP contribution < -0.4 is 0 Å². The Hall–Kier alpha value is -1.71. The first-order chi connectivity index (χ1) is 8.12. The van der Waals surface area contributed by atoms with E-state index in [1.807, 2.05) is 0 Å². The summed E-state index contributed by atoms with van der Waals surface area (Å²) in [7, 11) is 0. The Morgan fingerprint density at radius 2 is 1.50 bits per heavy atom. The maximum absolute atomic E-state index is 12.7. The Balaban J connectivity index is 3.78. The van der Waals surface area contributed by atoms with E-state index in [1.54, 1.807) is 0 Å². The lowest BCUT2D eigenvalue weighted by atomic mass is 9.94. The third kappa shape index (κ3) is 2.58. The van der Waals surface area contributed by atoms with Gasteiger partial charge in [0.25, 0.3) is 0 Å². The number of halogens is 6. The van der Waals surface area contributed by atoms with Crippen molar-refractivity contribution in [2.24, 2.45) is 0 Å². The number of hydrogen-bond acceptors (Lipinski definition) is 1. The Labute approximate surface area is 98.6 Å². The van der Waals surface area contributed by atoms with Gasteiger partial charge >= 0.3 is 12.4 Å². The molecule has 0 aliphatic heterocycles. The molecule has 0 saturated carbocycles. The summed E-state index contributed by atoms with van der Waals surface area (Å²) < 4.78 is 76.3. The van der Waals surface area contributed by atoms with Gasteiger partial charge in [-0.05, 0) is 18.1 Å². The van der Waals surface area contributed by atoms with Gasteiger partial charge in [-0.1, -0.05) is 13.0 Å². The van der Waals surface area contributed by atoms with E-state index in [-0.39, 0.29) is 6.42 Å². The van der Waals surface area contributed by atoms with Crippen molar-refractivity contribution in [1.82, 2.24) is 0 Å². The van der Waals surface area contributed by atoms with E-state index in [1.165, 1.54) is 6.92 Å². The fourth-order valence-electron chi connectivity index (χ4n) is 1.65. The van der Waals surface area contributed by atoms with Gasteiger partial charge < -0.3 is 0 Å². The molecule has 0 aromatic heterocycles. The van der Waals surface area contributed by atoms with Crippen LogP contribution in [0.3, 0.4) is 0 Å². The van der Waals surface area contributed by atoms with Crippen molar-refractivity contribution in [3.8, 4) is 6.07 Å². The minimum Gasteiger partial charge on any atom is -0.192 e. The van der Waals surface area contributed by atoms with E-state index in [4.69, 9.17) is 5.26 Å². The highest BCUT2D eigenvalue weighted by atomic mass is 19.4. The lowest BCUT2D eigenvalue weighted by Gasteiger charge is -2.19. The van der Waals surface area contributed by atoms with Crippen molar-refractivity contribution in [3.63, 3.8) is 0 Å². The standard InChI is InChI=1S/C11H7F6N/c1-2-6-3-4-7(5-18)9(11(15,16)17)8(6)10(12,13)14/h3-4H,2H2,1H3. The highest BCUT2D eigenvalue weighted by Gasteiger charge is 2.46. The van der Waals surface area contributed by atoms with Crippen LogP contribution in [0.5, 0.6) is 0 Å². The minimum absolute atomic E-state index is 0.205. The lowest BCUT2D eigenvalue weighted by Crippen LogP contribution is -2.20. The fourth-order valence-corrected chi connectivity index (χ4v) is 1.65. The molecule has 0 unspecified atom stereocenters. The van der Waals surface area contributed by atoms with Gasteiger partial charge in [-0.15, -0.1) is 0 Å². The van der Waals surface area contributed by atoms with Gasteiger partial charge in [0.05, 0.1) is 22.8 Å². The average molecular weight is 267 g/mol. The van der Waals surface area contributed by atoms with Gasteiger partial charge in [0.1, 0.15) is 0 Å². The molecule has 0 spiro atoms. The maximum Gasteiger partial charge on any atom is 0.418 e. The SMILES string of the molecule is CCc1ccc(C#N)c(C(F)(F)F)c1C(F)(F)F. The monoisotopic (exact) mass is 267 g/mol. The van der Waals surface area contributed by atoms with E-state index in [2.05, 4.69) is 0 Å². The lowest BCUT2D eigenvalue weighted by molar-refractivity contribution is -0.162. The van der Waals surface area contributed by atoms with Gasteiger partial charge in [0, 0.05) is 0 Å². The normalized spacial score (nSPS) is 12.3. The number of hydrogen-bond donors (Lipinski definition) is 0. The molecule has 18 heavy (non-hydrogen) atoms. The van der Waals surface area contributed by atoms with Crippen LogP contribution in [0.25, 0.3) is 0 Å². The van der Waals surface area contributed by atoms with Gasteiger partial charge in [-0.25, -0.2) is 0 Å². The fraction of sp³-hybridized carbons (Fsp3) is 0.364. The number of aryl methyl sites for hydroxylation is 1. The quantitative estimate of drug-likeness (QED) is 0.701. The molecular formula is C11H7F6N. The van der Waals surface area contributed by atoms with E-state index >= 15 is 0 Å². The van der Waals surface area contributed by atoms with Gasteiger partial charge in [-0.3, -0.25) is 0 Å². The minimum atomic E-state index is -5.22. The van der Waals surface area contributed by atoms with Crippen LogP contribution in [0.2, 0.25) is 0 Å². The summed E-state index contributed by atoms with van der Waals surface area (Å²) >= 11 is 0. The van der Waals surface area contributed by atoms with Crippen molar-refractivity contribution in [3.05, 3.63) is 34.4 Å². The number of rotatable bonds is 1. The molecule has 0 fully saturated rings. The number of alkyl halides is 6. The van der Waals surface area contributed by atoms with Crippen molar-refractivity contribution >= 4 is 0 Å². The molecule has 0 bridgehead atoms. The molecule has 0 atom stereocenters. The molecule has 0 aliphatic rings. The Kier molecular flexibility index (Phi) is 3.60. The molecule has 1 aromatic rings. The van der Waals surface area contributed by atoms with Crippen molar-refractivity contribution in [1.29, 1.82) is 5.26 Å². The molecule has 98 valence electrons. The number of benzene rings is 1. The summed E-state index contributed by atoms with van der Waals surface area (Å²) in [5.41, 5.74) is -5.17. The van der Waals surface area contributed by atoms with Crippen LogP contribution in [0.4, 0.5) is 26.3 Å². The van der Waals surface area contributed by atoms with E-state index in [9.17, 15) is 26.3 Å². The van der Waals surface area contributed by atoms with Crippen LogP contribution >= 0.6 is 0 Å². The molecule has 0 amide bonds. The Bertz CT molecular complexity index is 492. The Morgan fingerprint density at radius 3 is 1.83 bits per heavy atom. The summed E-state index contributed by atoms with van der Waals surface area (Å²) in [6.45, 7) is 1.32. The predicted octanol–water partition coefficient (Wildman–Crippen LogP) is 4.16. The van der Waals surface area contributed by atoms with E-state index < -0.39 is 34.6 Å². The summed E-state index contributed by atoms with van der Waals surface area (Å²) in [5, 5.41) is 8.52. The molecule has 1 aromatic carbocycles. The molecule has 0 N–H and O–H groups in total. The van der Waals surface area contributed by atoms with Gasteiger partial charge in [0.15, 0.2) is 0 Å². The van der Waals surface area contributed by atoms with Crippen LogP contribution in [0.15, 0.2) is 12.1 Å². The van der Waals surface area contributed by atoms with E-state index in [0.717, 1.165) is 18.2 Å². The van der Waals surface area contributed by atoms with Crippen LogP contribution in [-0.2, 0) is 18.8 Å². The molecule has 0 saturated heterocycles. The highest BCUT2D eigenvalue weighted by Crippen LogP contribution is 2.43. The van der Waals surface area contributed by atoms with Crippen molar-refractivity contribution in [2.45, 2.75) is 25.7 Å². The zero-order valence-corrected chi connectivity index (χ0v) is 9.08. The molecule has 0 heterocycles. The Morgan fingerprint density at radius 1 is 1.00 bits per heavy atom. The maximum atomic E-state index is 12.7. The second kappa shape index (κ2) is 4.52. The zero-order chi connectivity index (χ0) is 14.1. The number of nitriles is 1. The molecule has 1 nitrogen and oxygen atoms in total. The van der Waals surface area contributed by atoms with Gasteiger partial charge in [-0.2, -0.15) is 31.6 Å². The van der Waals surface area contributed by atoms with Crippen molar-refractivity contribution < 1.29 is 26.3 Å². The first-order valence-electron chi connectivity index (χ1n) is 4.83. The molecule has 1 rings (SSSR count). The molecule has 7 heteroatoms. The molecule has 0 radical (unpaired) electrons. The average Bonchev–Trinajstić information content (AvgIpc) is 2.24. The summed E-state index contributed by atoms with van der Waals surface area (Å²) in [6.07, 6.45) is -10.6. The van der Waals surface area contributed by atoms with Crippen molar-refractivity contribution in [2.75, 3.05) is 0 Å².